The lowest BCUT2D eigenvalue weighted by Gasteiger charge is -2.42. The largest absolute Gasteiger partial charge is 0.357 e. The molecule has 3 heterocycles. The summed E-state index contributed by atoms with van der Waals surface area (Å²) in [7, 11) is 0. The Morgan fingerprint density at radius 3 is 2.88 bits per heavy atom. The lowest BCUT2D eigenvalue weighted by Crippen LogP contribution is -2.49. The highest BCUT2D eigenvalue weighted by Crippen LogP contribution is 2.34. The van der Waals surface area contributed by atoms with Gasteiger partial charge in [0.15, 0.2) is 11.8 Å². The summed E-state index contributed by atoms with van der Waals surface area (Å²) in [4.78, 5) is 7.38. The van der Waals surface area contributed by atoms with Crippen LogP contribution in [0.3, 0.4) is 0 Å². The minimum Gasteiger partial charge on any atom is -0.357 e. The summed E-state index contributed by atoms with van der Waals surface area (Å²) in [6.07, 6.45) is 8.63. The first-order chi connectivity index (χ1) is 12.1. The van der Waals surface area contributed by atoms with Crippen molar-refractivity contribution in [2.24, 2.45) is 10.4 Å². The van der Waals surface area contributed by atoms with Crippen molar-refractivity contribution in [1.82, 2.24) is 25.0 Å². The van der Waals surface area contributed by atoms with Crippen molar-refractivity contribution in [1.29, 1.82) is 0 Å². The zero-order valence-electron chi connectivity index (χ0n) is 16.2. The molecule has 1 aromatic heterocycles. The zero-order valence-corrected chi connectivity index (χ0v) is 16.2. The number of guanidine groups is 1. The van der Waals surface area contributed by atoms with Gasteiger partial charge in [-0.3, -0.25) is 0 Å². The molecule has 0 amide bonds. The summed E-state index contributed by atoms with van der Waals surface area (Å²) >= 11 is 0. The molecule has 140 valence electrons. The number of fused-ring (bicyclic) bond motifs is 1. The molecule has 0 radical (unpaired) electrons. The fourth-order valence-electron chi connectivity index (χ4n) is 4.36. The number of hydrogen-bond donors (Lipinski definition) is 1. The number of rotatable bonds is 5. The molecule has 0 aromatic carbocycles. The third-order valence-corrected chi connectivity index (χ3v) is 5.58. The van der Waals surface area contributed by atoms with Crippen LogP contribution in [-0.2, 0) is 19.5 Å². The van der Waals surface area contributed by atoms with E-state index in [1.807, 2.05) is 0 Å². The summed E-state index contributed by atoms with van der Waals surface area (Å²) in [6, 6.07) is 0. The van der Waals surface area contributed by atoms with Gasteiger partial charge in [0.1, 0.15) is 12.4 Å². The smallest absolute Gasteiger partial charge is 0.194 e. The molecule has 0 spiro atoms. The highest BCUT2D eigenvalue weighted by atomic mass is 15.3. The summed E-state index contributed by atoms with van der Waals surface area (Å²) in [5.41, 5.74) is 0.414. The molecule has 1 saturated heterocycles. The minimum absolute atomic E-state index is 0.414. The van der Waals surface area contributed by atoms with Crippen LogP contribution in [0, 0.1) is 5.41 Å². The van der Waals surface area contributed by atoms with Crippen LogP contribution in [-0.4, -0.2) is 45.3 Å². The molecule has 1 fully saturated rings. The van der Waals surface area contributed by atoms with Crippen molar-refractivity contribution in [3.63, 3.8) is 0 Å². The third kappa shape index (κ3) is 4.33. The van der Waals surface area contributed by atoms with E-state index in [1.54, 1.807) is 0 Å². The van der Waals surface area contributed by atoms with E-state index in [0.717, 1.165) is 50.2 Å². The van der Waals surface area contributed by atoms with Gasteiger partial charge in [0, 0.05) is 32.6 Å². The van der Waals surface area contributed by atoms with Crippen molar-refractivity contribution in [2.75, 3.05) is 19.6 Å². The number of aryl methyl sites for hydroxylation is 1. The topological polar surface area (TPSA) is 58.3 Å². The summed E-state index contributed by atoms with van der Waals surface area (Å²) < 4.78 is 2.27. The van der Waals surface area contributed by atoms with Crippen LogP contribution in [0.1, 0.15) is 70.9 Å². The number of hydrogen-bond acceptors (Lipinski definition) is 3. The zero-order chi connectivity index (χ0) is 17.7. The maximum atomic E-state index is 4.92. The molecular formula is C19H34N6. The Balaban J connectivity index is 1.72. The second-order valence-electron chi connectivity index (χ2n) is 7.90. The van der Waals surface area contributed by atoms with Crippen LogP contribution in [0.4, 0.5) is 0 Å². The van der Waals surface area contributed by atoms with E-state index in [1.165, 1.54) is 38.5 Å². The molecule has 3 rings (SSSR count). The van der Waals surface area contributed by atoms with E-state index in [9.17, 15) is 0 Å². The predicted molar refractivity (Wildman–Crippen MR) is 102 cm³/mol. The van der Waals surface area contributed by atoms with Gasteiger partial charge in [0.05, 0.1) is 0 Å². The average molecular weight is 347 g/mol. The van der Waals surface area contributed by atoms with E-state index in [4.69, 9.17) is 4.99 Å². The first kappa shape index (κ1) is 18.2. The van der Waals surface area contributed by atoms with Crippen LogP contribution >= 0.6 is 0 Å². The standard InChI is InChI=1S/C19H34N6/c1-4-10-19(3)11-8-12-24(15-19)18(20-5-2)21-14-17-23-22-16-9-6-7-13-25(16)17/h4-15H2,1-3H3,(H,20,21). The Morgan fingerprint density at radius 2 is 2.08 bits per heavy atom. The van der Waals surface area contributed by atoms with Crippen LogP contribution in [0.2, 0.25) is 0 Å². The van der Waals surface area contributed by atoms with Gasteiger partial charge < -0.3 is 14.8 Å². The summed E-state index contributed by atoms with van der Waals surface area (Å²) in [5.74, 6) is 3.19. The van der Waals surface area contributed by atoms with E-state index in [-0.39, 0.29) is 0 Å². The maximum absolute atomic E-state index is 4.92. The number of aliphatic imine (C=N–C) groups is 1. The quantitative estimate of drug-likeness (QED) is 0.658. The number of aromatic nitrogens is 3. The van der Waals surface area contributed by atoms with Crippen LogP contribution in [0.15, 0.2) is 4.99 Å². The van der Waals surface area contributed by atoms with Crippen molar-refractivity contribution >= 4 is 5.96 Å². The Labute approximate surface area is 152 Å². The van der Waals surface area contributed by atoms with E-state index in [2.05, 4.69) is 45.8 Å². The molecule has 25 heavy (non-hydrogen) atoms. The van der Waals surface area contributed by atoms with Crippen LogP contribution < -0.4 is 5.32 Å². The lowest BCUT2D eigenvalue weighted by molar-refractivity contribution is 0.142. The summed E-state index contributed by atoms with van der Waals surface area (Å²) in [5, 5.41) is 12.2. The Morgan fingerprint density at radius 1 is 1.20 bits per heavy atom. The van der Waals surface area contributed by atoms with Gasteiger partial charge in [-0.05, 0) is 44.4 Å². The van der Waals surface area contributed by atoms with E-state index in [0.29, 0.717) is 12.0 Å². The predicted octanol–water partition coefficient (Wildman–Crippen LogP) is 2.98. The van der Waals surface area contributed by atoms with Crippen LogP contribution in [0.25, 0.3) is 0 Å². The molecule has 1 N–H and O–H groups in total. The Kier molecular flexibility index (Phi) is 5.97. The van der Waals surface area contributed by atoms with Crippen LogP contribution in [0.5, 0.6) is 0 Å². The average Bonchev–Trinajstić information content (AvgIpc) is 3.02. The van der Waals surface area contributed by atoms with Gasteiger partial charge in [-0.1, -0.05) is 20.3 Å². The van der Waals surface area contributed by atoms with Gasteiger partial charge in [-0.2, -0.15) is 0 Å². The fraction of sp³-hybridized carbons (Fsp3) is 0.842. The fourth-order valence-corrected chi connectivity index (χ4v) is 4.36. The molecule has 1 aromatic rings. The van der Waals surface area contributed by atoms with Gasteiger partial charge in [-0.25, -0.2) is 4.99 Å². The molecule has 0 saturated carbocycles. The molecule has 6 nitrogen and oxygen atoms in total. The number of likely N-dealkylation sites (tertiary alicyclic amines) is 1. The lowest BCUT2D eigenvalue weighted by atomic mass is 9.78. The highest BCUT2D eigenvalue weighted by Gasteiger charge is 2.31. The minimum atomic E-state index is 0.414. The highest BCUT2D eigenvalue weighted by molar-refractivity contribution is 5.80. The molecule has 2 aliphatic heterocycles. The first-order valence-electron chi connectivity index (χ1n) is 10.1. The van der Waals surface area contributed by atoms with Crippen molar-refractivity contribution in [2.45, 2.75) is 78.8 Å². The second kappa shape index (κ2) is 8.19. The number of nitrogens with zero attached hydrogens (tertiary/aromatic N) is 5. The van der Waals surface area contributed by atoms with Crippen molar-refractivity contribution in [3.8, 4) is 0 Å². The number of nitrogens with one attached hydrogen (secondary N) is 1. The Bertz CT molecular complexity index is 589. The Hall–Kier alpha value is -1.59. The molecule has 2 aliphatic rings. The molecular weight excluding hydrogens is 312 g/mol. The van der Waals surface area contributed by atoms with E-state index >= 15 is 0 Å². The molecule has 0 bridgehead atoms. The van der Waals surface area contributed by atoms with Crippen molar-refractivity contribution < 1.29 is 0 Å². The first-order valence-corrected chi connectivity index (χ1v) is 10.1. The molecule has 6 heteroatoms. The maximum Gasteiger partial charge on any atom is 0.194 e. The molecule has 1 atom stereocenters. The van der Waals surface area contributed by atoms with Gasteiger partial charge >= 0.3 is 0 Å². The summed E-state index contributed by atoms with van der Waals surface area (Å²) in [6.45, 7) is 11.6. The number of piperidine rings is 1. The molecule has 1 unspecified atom stereocenters. The second-order valence-corrected chi connectivity index (χ2v) is 7.90. The third-order valence-electron chi connectivity index (χ3n) is 5.58. The van der Waals surface area contributed by atoms with Crippen molar-refractivity contribution in [3.05, 3.63) is 11.6 Å². The SMILES string of the molecule is CCCC1(C)CCCN(C(=NCc2nnc3n2CCCC3)NCC)C1. The molecule has 0 aliphatic carbocycles. The normalized spacial score (nSPS) is 24.3. The van der Waals surface area contributed by atoms with E-state index < -0.39 is 0 Å². The van der Waals surface area contributed by atoms with Gasteiger partial charge in [0.25, 0.3) is 0 Å². The van der Waals surface area contributed by atoms with Gasteiger partial charge in [0.2, 0.25) is 0 Å². The monoisotopic (exact) mass is 346 g/mol. The van der Waals surface area contributed by atoms with Gasteiger partial charge in [-0.15, -0.1) is 10.2 Å².